The molecule has 0 aliphatic rings. The molecule has 0 saturated heterocycles. The highest BCUT2D eigenvalue weighted by Gasteiger charge is 2.16. The molecule has 2 heterocycles. The topological polar surface area (TPSA) is 104 Å². The average Bonchev–Trinajstić information content (AvgIpc) is 3.27. The van der Waals surface area contributed by atoms with E-state index in [0.717, 1.165) is 12.1 Å². The minimum absolute atomic E-state index is 0.0630. The van der Waals surface area contributed by atoms with Crippen molar-refractivity contribution in [2.45, 2.75) is 12.8 Å². The first kappa shape index (κ1) is 22.5. The summed E-state index contributed by atoms with van der Waals surface area (Å²) in [4.78, 5) is 32.0. The summed E-state index contributed by atoms with van der Waals surface area (Å²) < 4.78 is 41.3. The molecule has 32 heavy (non-hydrogen) atoms. The standard InChI is InChI=1S/C22H17F2N3O5/c1-12(4-5-13(2)31-22(29)15-8-16(23)11-17(24)9-15)20-26-19(27-32-20)18-10-14(6-7-25-18)21(28)30-3/h6-11H,1-2,4-5H2,3H3. The molecule has 0 atom stereocenters. The van der Waals surface area contributed by atoms with Crippen LogP contribution < -0.4 is 0 Å². The summed E-state index contributed by atoms with van der Waals surface area (Å²) in [6.45, 7) is 7.48. The monoisotopic (exact) mass is 441 g/mol. The van der Waals surface area contributed by atoms with Gasteiger partial charge in [-0.25, -0.2) is 18.4 Å². The van der Waals surface area contributed by atoms with E-state index in [4.69, 9.17) is 9.26 Å². The molecule has 0 amide bonds. The summed E-state index contributed by atoms with van der Waals surface area (Å²) in [5.41, 5.74) is 0.739. The highest BCUT2D eigenvalue weighted by molar-refractivity contribution is 5.90. The molecule has 0 spiro atoms. The Morgan fingerprint density at radius 2 is 1.75 bits per heavy atom. The molecule has 0 unspecified atom stereocenters. The maximum absolute atomic E-state index is 13.2. The Labute approximate surface area is 181 Å². The van der Waals surface area contributed by atoms with Crippen molar-refractivity contribution in [3.63, 3.8) is 0 Å². The Balaban J connectivity index is 1.59. The second-order valence-corrected chi connectivity index (χ2v) is 6.53. The molecule has 3 rings (SSSR count). The van der Waals surface area contributed by atoms with Gasteiger partial charge in [0.05, 0.1) is 18.2 Å². The van der Waals surface area contributed by atoms with Crippen LogP contribution in [0.4, 0.5) is 8.78 Å². The lowest BCUT2D eigenvalue weighted by atomic mass is 10.1. The van der Waals surface area contributed by atoms with E-state index in [1.807, 2.05) is 0 Å². The van der Waals surface area contributed by atoms with Crippen LogP contribution in [-0.2, 0) is 9.47 Å². The largest absolute Gasteiger partial charge is 0.465 e. The number of hydrogen-bond acceptors (Lipinski definition) is 8. The number of carbonyl (C=O) groups is 2. The van der Waals surface area contributed by atoms with Crippen LogP contribution in [0.2, 0.25) is 0 Å². The van der Waals surface area contributed by atoms with E-state index in [1.165, 1.54) is 25.4 Å². The minimum Gasteiger partial charge on any atom is -0.465 e. The molecule has 2 aromatic heterocycles. The van der Waals surface area contributed by atoms with Gasteiger partial charge in [-0.05, 0) is 30.7 Å². The molecule has 0 bridgehead atoms. The van der Waals surface area contributed by atoms with Gasteiger partial charge in [-0.15, -0.1) is 0 Å². The Hall–Kier alpha value is -4.21. The second-order valence-electron chi connectivity index (χ2n) is 6.53. The van der Waals surface area contributed by atoms with Crippen molar-refractivity contribution in [3.8, 4) is 11.5 Å². The van der Waals surface area contributed by atoms with E-state index in [1.54, 1.807) is 0 Å². The molecule has 8 nitrogen and oxygen atoms in total. The Morgan fingerprint density at radius 3 is 2.44 bits per heavy atom. The van der Waals surface area contributed by atoms with Crippen LogP contribution >= 0.6 is 0 Å². The van der Waals surface area contributed by atoms with Crippen molar-refractivity contribution < 1.29 is 32.4 Å². The van der Waals surface area contributed by atoms with E-state index < -0.39 is 23.6 Å². The normalized spacial score (nSPS) is 10.5. The molecule has 10 heteroatoms. The molecule has 0 fully saturated rings. The first-order valence-corrected chi connectivity index (χ1v) is 9.19. The molecule has 3 aromatic rings. The first-order chi connectivity index (χ1) is 15.3. The number of carbonyl (C=O) groups excluding carboxylic acids is 2. The average molecular weight is 441 g/mol. The fourth-order valence-corrected chi connectivity index (χ4v) is 2.58. The molecular formula is C22H17F2N3O5. The number of allylic oxidation sites excluding steroid dienone is 2. The van der Waals surface area contributed by atoms with Gasteiger partial charge in [-0.1, -0.05) is 18.3 Å². The van der Waals surface area contributed by atoms with Gasteiger partial charge in [-0.2, -0.15) is 4.98 Å². The second kappa shape index (κ2) is 9.73. The van der Waals surface area contributed by atoms with Gasteiger partial charge in [0.15, 0.2) is 0 Å². The minimum atomic E-state index is -0.935. The van der Waals surface area contributed by atoms with Crippen LogP contribution in [-0.4, -0.2) is 34.2 Å². The van der Waals surface area contributed by atoms with Crippen LogP contribution in [0.3, 0.4) is 0 Å². The van der Waals surface area contributed by atoms with E-state index in [0.29, 0.717) is 17.3 Å². The van der Waals surface area contributed by atoms with Gasteiger partial charge in [0.2, 0.25) is 5.82 Å². The van der Waals surface area contributed by atoms with E-state index in [-0.39, 0.29) is 41.4 Å². The summed E-state index contributed by atoms with van der Waals surface area (Å²) in [5.74, 6) is -2.93. The van der Waals surface area contributed by atoms with Crippen LogP contribution in [0.5, 0.6) is 0 Å². The lowest BCUT2D eigenvalue weighted by molar-refractivity contribution is 0.0596. The number of methoxy groups -OCH3 is 1. The molecule has 0 N–H and O–H groups in total. The van der Waals surface area contributed by atoms with E-state index >= 15 is 0 Å². The number of halogens is 2. The van der Waals surface area contributed by atoms with Crippen LogP contribution in [0.15, 0.2) is 60.0 Å². The third kappa shape index (κ3) is 5.48. The number of ether oxygens (including phenoxy) is 2. The Kier molecular flexibility index (Phi) is 6.83. The fraction of sp³-hybridized carbons (Fsp3) is 0.136. The van der Waals surface area contributed by atoms with Crippen molar-refractivity contribution in [2.24, 2.45) is 0 Å². The van der Waals surface area contributed by atoms with Gasteiger partial charge in [0, 0.05) is 24.3 Å². The molecule has 164 valence electrons. The summed E-state index contributed by atoms with van der Waals surface area (Å²) in [6.07, 6.45) is 1.83. The van der Waals surface area contributed by atoms with Crippen molar-refractivity contribution in [1.29, 1.82) is 0 Å². The first-order valence-electron chi connectivity index (χ1n) is 9.19. The number of pyridine rings is 1. The molecule has 0 aliphatic heterocycles. The predicted molar refractivity (Wildman–Crippen MR) is 108 cm³/mol. The SMILES string of the molecule is C=C(CCC(=C)c1nc(-c2cc(C(=O)OC)ccn2)no1)OC(=O)c1cc(F)cc(F)c1. The number of aromatic nitrogens is 3. The molecule has 0 radical (unpaired) electrons. The number of esters is 2. The van der Waals surface area contributed by atoms with Crippen LogP contribution in [0, 0.1) is 11.6 Å². The number of nitrogens with zero attached hydrogens (tertiary/aromatic N) is 3. The lowest BCUT2D eigenvalue weighted by Crippen LogP contribution is -2.06. The lowest BCUT2D eigenvalue weighted by Gasteiger charge is -2.08. The molecule has 1 aromatic carbocycles. The van der Waals surface area contributed by atoms with Crippen molar-refractivity contribution in [1.82, 2.24) is 15.1 Å². The van der Waals surface area contributed by atoms with Crippen LogP contribution in [0.25, 0.3) is 17.1 Å². The summed E-state index contributed by atoms with van der Waals surface area (Å²) in [7, 11) is 1.26. The zero-order valence-electron chi connectivity index (χ0n) is 16.9. The van der Waals surface area contributed by atoms with Crippen LogP contribution in [0.1, 0.15) is 39.4 Å². The van der Waals surface area contributed by atoms with E-state index in [9.17, 15) is 18.4 Å². The predicted octanol–water partition coefficient (Wildman–Crippen LogP) is 4.36. The molecule has 0 saturated carbocycles. The van der Waals surface area contributed by atoms with Gasteiger partial charge < -0.3 is 14.0 Å². The highest BCUT2D eigenvalue weighted by atomic mass is 19.1. The summed E-state index contributed by atoms with van der Waals surface area (Å²) >= 11 is 0. The van der Waals surface area contributed by atoms with Gasteiger partial charge in [-0.3, -0.25) is 4.98 Å². The Bertz CT molecular complexity index is 1190. The van der Waals surface area contributed by atoms with Crippen molar-refractivity contribution in [3.05, 3.63) is 84.1 Å². The maximum atomic E-state index is 13.2. The van der Waals surface area contributed by atoms with Gasteiger partial charge in [0.1, 0.15) is 23.1 Å². The van der Waals surface area contributed by atoms with E-state index in [2.05, 4.69) is 33.0 Å². The zero-order valence-corrected chi connectivity index (χ0v) is 16.9. The zero-order chi connectivity index (χ0) is 23.3. The van der Waals surface area contributed by atoms with Gasteiger partial charge in [0.25, 0.3) is 5.89 Å². The maximum Gasteiger partial charge on any atom is 0.343 e. The fourth-order valence-electron chi connectivity index (χ4n) is 2.58. The van der Waals surface area contributed by atoms with Crippen molar-refractivity contribution >= 4 is 17.5 Å². The molecule has 0 aliphatic carbocycles. The third-order valence-electron chi connectivity index (χ3n) is 4.18. The number of benzene rings is 1. The highest BCUT2D eigenvalue weighted by Crippen LogP contribution is 2.23. The third-order valence-corrected chi connectivity index (χ3v) is 4.18. The van der Waals surface area contributed by atoms with Crippen molar-refractivity contribution in [2.75, 3.05) is 7.11 Å². The molecular weight excluding hydrogens is 424 g/mol. The quantitative estimate of drug-likeness (QED) is 0.375. The smallest absolute Gasteiger partial charge is 0.343 e. The number of hydrogen-bond donors (Lipinski definition) is 0. The number of rotatable bonds is 8. The summed E-state index contributed by atoms with van der Waals surface area (Å²) in [5, 5.41) is 3.83. The summed E-state index contributed by atoms with van der Waals surface area (Å²) in [6, 6.07) is 5.32. The van der Waals surface area contributed by atoms with Gasteiger partial charge >= 0.3 is 11.9 Å². The Morgan fingerprint density at radius 1 is 1.03 bits per heavy atom.